The predicted octanol–water partition coefficient (Wildman–Crippen LogP) is 4.93. The molecule has 5 aliphatic rings. The van der Waals surface area contributed by atoms with E-state index in [0.29, 0.717) is 25.4 Å². The molecule has 3 heterocycles. The van der Waals surface area contributed by atoms with Gasteiger partial charge in [-0.25, -0.2) is 4.79 Å². The number of alkyl carbamates (subject to hydrolysis) is 1. The Balaban J connectivity index is 1.27. The summed E-state index contributed by atoms with van der Waals surface area (Å²) in [5.41, 5.74) is -1.19. The molecule has 0 aromatic carbocycles. The van der Waals surface area contributed by atoms with Gasteiger partial charge in [0.25, 0.3) is 0 Å². The van der Waals surface area contributed by atoms with Gasteiger partial charge in [-0.1, -0.05) is 38.5 Å². The van der Waals surface area contributed by atoms with Crippen LogP contribution in [0.4, 0.5) is 4.79 Å². The molecule has 0 aromatic rings. The summed E-state index contributed by atoms with van der Waals surface area (Å²) >= 11 is 0. The SMILES string of the molecule is CC(C)(C)OC(=O)NC(C(=O)N1CC[C@@H]2[C@H]1CCN2C(=O)C(C1CCCCC1)C1CC(C(=O)OC(C)(C)C)N1)C1CCCCC1. The fourth-order valence-electron chi connectivity index (χ4n) is 8.66. The summed E-state index contributed by atoms with van der Waals surface area (Å²) < 4.78 is 11.2. The zero-order chi connectivity index (χ0) is 32.5. The summed E-state index contributed by atoms with van der Waals surface area (Å²) in [7, 11) is 0. The molecule has 0 bridgehead atoms. The number of nitrogens with one attached hydrogen (secondary N) is 2. The second-order valence-electron chi connectivity index (χ2n) is 16.3. The van der Waals surface area contributed by atoms with Gasteiger partial charge in [-0.2, -0.15) is 0 Å². The minimum Gasteiger partial charge on any atom is -0.459 e. The minimum atomic E-state index is -0.646. The maximum absolute atomic E-state index is 14.5. The van der Waals surface area contributed by atoms with E-state index in [0.717, 1.165) is 70.6 Å². The van der Waals surface area contributed by atoms with Crippen molar-refractivity contribution in [3.8, 4) is 0 Å². The first kappa shape index (κ1) is 34.0. The number of amides is 3. The second kappa shape index (κ2) is 13.8. The monoisotopic (exact) mass is 630 g/mol. The first-order valence-electron chi connectivity index (χ1n) is 17.8. The van der Waals surface area contributed by atoms with Crippen LogP contribution in [0.15, 0.2) is 0 Å². The number of nitrogens with zero attached hydrogens (tertiary/aromatic N) is 2. The van der Waals surface area contributed by atoms with E-state index in [4.69, 9.17) is 9.47 Å². The molecule has 3 amide bonds. The van der Waals surface area contributed by atoms with Crippen LogP contribution < -0.4 is 10.6 Å². The third-order valence-corrected chi connectivity index (χ3v) is 10.7. The third-order valence-electron chi connectivity index (χ3n) is 10.7. The molecular weight excluding hydrogens is 572 g/mol. The summed E-state index contributed by atoms with van der Waals surface area (Å²) in [6.07, 6.45) is 12.3. The van der Waals surface area contributed by atoms with Crippen LogP contribution >= 0.6 is 0 Å². The standard InChI is InChI=1S/C35H58N4O6/c1-34(2,3)44-32(42)25-21-24(36-25)28(22-13-9-7-10-14-22)30(40)38-19-17-27-26(38)18-20-39(27)31(41)29(23-15-11-8-12-16-23)37-33(43)45-35(4,5)6/h22-29,36H,7-21H2,1-6H3,(H,37,43)/t24?,25?,26-,27-,28?,29?/m1/s1. The largest absolute Gasteiger partial charge is 0.459 e. The summed E-state index contributed by atoms with van der Waals surface area (Å²) in [5, 5.41) is 6.41. The summed E-state index contributed by atoms with van der Waals surface area (Å²) in [4.78, 5) is 58.3. The number of hydrogen-bond acceptors (Lipinski definition) is 7. The zero-order valence-corrected chi connectivity index (χ0v) is 28.6. The van der Waals surface area contributed by atoms with Crippen molar-refractivity contribution in [3.05, 3.63) is 0 Å². The van der Waals surface area contributed by atoms with Crippen LogP contribution in [-0.2, 0) is 23.9 Å². The zero-order valence-electron chi connectivity index (χ0n) is 28.6. The molecule has 4 unspecified atom stereocenters. The fourth-order valence-corrected chi connectivity index (χ4v) is 8.66. The van der Waals surface area contributed by atoms with Crippen molar-refractivity contribution < 1.29 is 28.7 Å². The van der Waals surface area contributed by atoms with Crippen molar-refractivity contribution in [2.24, 2.45) is 17.8 Å². The molecule has 3 aliphatic heterocycles. The van der Waals surface area contributed by atoms with Gasteiger partial charge in [-0.15, -0.1) is 0 Å². The van der Waals surface area contributed by atoms with Gasteiger partial charge in [0.15, 0.2) is 0 Å². The maximum Gasteiger partial charge on any atom is 0.408 e. The highest BCUT2D eigenvalue weighted by Gasteiger charge is 2.53. The summed E-state index contributed by atoms with van der Waals surface area (Å²) in [6, 6.07) is -1.06. The molecule has 6 atom stereocenters. The molecule has 2 aliphatic carbocycles. The number of hydrogen-bond donors (Lipinski definition) is 2. The van der Waals surface area contributed by atoms with Crippen LogP contribution in [-0.4, -0.2) is 88.2 Å². The van der Waals surface area contributed by atoms with Crippen molar-refractivity contribution in [1.82, 2.24) is 20.4 Å². The van der Waals surface area contributed by atoms with E-state index in [-0.39, 0.29) is 53.8 Å². The van der Waals surface area contributed by atoms with Gasteiger partial charge in [0, 0.05) is 19.1 Å². The van der Waals surface area contributed by atoms with Gasteiger partial charge in [0.05, 0.1) is 18.0 Å². The first-order chi connectivity index (χ1) is 21.2. The number of carbonyl (C=O) groups excluding carboxylic acids is 4. The molecule has 5 rings (SSSR count). The van der Waals surface area contributed by atoms with Gasteiger partial charge in [-0.3, -0.25) is 14.4 Å². The molecule has 10 nitrogen and oxygen atoms in total. The molecule has 2 N–H and O–H groups in total. The van der Waals surface area contributed by atoms with Crippen molar-refractivity contribution in [2.45, 2.75) is 166 Å². The number of ether oxygens (including phenoxy) is 2. The normalized spacial score (nSPS) is 29.4. The van der Waals surface area contributed by atoms with E-state index in [1.54, 1.807) is 0 Å². The van der Waals surface area contributed by atoms with Crippen LogP contribution in [0.5, 0.6) is 0 Å². The van der Waals surface area contributed by atoms with Crippen LogP contribution in [0.2, 0.25) is 0 Å². The highest BCUT2D eigenvalue weighted by molar-refractivity contribution is 5.87. The van der Waals surface area contributed by atoms with Crippen molar-refractivity contribution in [2.75, 3.05) is 13.1 Å². The van der Waals surface area contributed by atoms with E-state index in [1.807, 2.05) is 46.4 Å². The highest BCUT2D eigenvalue weighted by Crippen LogP contribution is 2.41. The van der Waals surface area contributed by atoms with E-state index in [2.05, 4.69) is 15.5 Å². The molecule has 0 spiro atoms. The highest BCUT2D eigenvalue weighted by atomic mass is 16.6. The van der Waals surface area contributed by atoms with Gasteiger partial charge >= 0.3 is 12.1 Å². The molecule has 254 valence electrons. The maximum atomic E-state index is 14.5. The molecule has 10 heteroatoms. The van der Waals surface area contributed by atoms with Crippen LogP contribution in [0.1, 0.15) is 125 Å². The summed E-state index contributed by atoms with van der Waals surface area (Å²) in [6.45, 7) is 12.3. The van der Waals surface area contributed by atoms with Crippen molar-refractivity contribution in [1.29, 1.82) is 0 Å². The lowest BCUT2D eigenvalue weighted by molar-refractivity contribution is -0.163. The number of esters is 1. The summed E-state index contributed by atoms with van der Waals surface area (Å²) in [5.74, 6) is 0.132. The molecular formula is C35H58N4O6. The average Bonchev–Trinajstić information content (AvgIpc) is 3.54. The molecule has 5 fully saturated rings. The smallest absolute Gasteiger partial charge is 0.408 e. The Morgan fingerprint density at radius 2 is 1.18 bits per heavy atom. The van der Waals surface area contributed by atoms with Crippen molar-refractivity contribution >= 4 is 23.9 Å². The van der Waals surface area contributed by atoms with Gasteiger partial charge in [0.2, 0.25) is 11.8 Å². The van der Waals surface area contributed by atoms with E-state index in [9.17, 15) is 19.2 Å². The van der Waals surface area contributed by atoms with Gasteiger partial charge in [0.1, 0.15) is 23.3 Å². The lowest BCUT2D eigenvalue weighted by Crippen LogP contribution is -2.64. The Labute approximate surface area is 270 Å². The Bertz CT molecular complexity index is 1080. The van der Waals surface area contributed by atoms with E-state index < -0.39 is 23.3 Å². The van der Waals surface area contributed by atoms with Crippen LogP contribution in [0, 0.1) is 17.8 Å². The Morgan fingerprint density at radius 1 is 0.689 bits per heavy atom. The lowest BCUT2D eigenvalue weighted by atomic mass is 9.72. The number of carbonyl (C=O) groups is 4. The topological polar surface area (TPSA) is 117 Å². The Kier molecular flexibility index (Phi) is 10.4. The number of fused-ring (bicyclic) bond motifs is 1. The number of rotatable bonds is 7. The fraction of sp³-hybridized carbons (Fsp3) is 0.886. The second-order valence-corrected chi connectivity index (χ2v) is 16.3. The molecule has 0 aromatic heterocycles. The number of likely N-dealkylation sites (tertiary alicyclic amines) is 2. The molecule has 3 saturated heterocycles. The van der Waals surface area contributed by atoms with Gasteiger partial charge < -0.3 is 29.9 Å². The Hall–Kier alpha value is -2.36. The van der Waals surface area contributed by atoms with Gasteiger partial charge in [-0.05, 0) is 98.3 Å². The van der Waals surface area contributed by atoms with Crippen LogP contribution in [0.3, 0.4) is 0 Å². The third kappa shape index (κ3) is 8.14. The Morgan fingerprint density at radius 3 is 1.69 bits per heavy atom. The molecule has 2 saturated carbocycles. The predicted molar refractivity (Wildman–Crippen MR) is 171 cm³/mol. The van der Waals surface area contributed by atoms with E-state index in [1.165, 1.54) is 6.42 Å². The first-order valence-corrected chi connectivity index (χ1v) is 17.8. The quantitative estimate of drug-likeness (QED) is 0.383. The van der Waals surface area contributed by atoms with Crippen molar-refractivity contribution in [3.63, 3.8) is 0 Å². The molecule has 0 radical (unpaired) electrons. The lowest BCUT2D eigenvalue weighted by Gasteiger charge is -2.45. The average molecular weight is 631 g/mol. The van der Waals surface area contributed by atoms with E-state index >= 15 is 0 Å². The van der Waals surface area contributed by atoms with Crippen LogP contribution in [0.25, 0.3) is 0 Å². The molecule has 45 heavy (non-hydrogen) atoms. The minimum absolute atomic E-state index is 0.0113.